The first kappa shape index (κ1) is 16.3. The zero-order valence-electron chi connectivity index (χ0n) is 12.0. The van der Waals surface area contributed by atoms with Gasteiger partial charge >= 0.3 is 6.18 Å². The van der Waals surface area contributed by atoms with Gasteiger partial charge in [0.25, 0.3) is 0 Å². The number of hydrogen-bond donors (Lipinski definition) is 2. The summed E-state index contributed by atoms with van der Waals surface area (Å²) in [7, 11) is 0. The standard InChI is InChI=1S/C15H21F3N2O/c1-2-14-12(6-7-21-14)13(20-19)9-10-4-3-5-11(8-10)15(16,17)18/h3-5,8,12-14,20H,2,6-7,9,19H2,1H3. The topological polar surface area (TPSA) is 47.3 Å². The van der Waals surface area contributed by atoms with Gasteiger partial charge in [0.2, 0.25) is 0 Å². The molecule has 1 heterocycles. The van der Waals surface area contributed by atoms with E-state index in [1.807, 2.05) is 6.92 Å². The van der Waals surface area contributed by atoms with Crippen molar-refractivity contribution in [2.24, 2.45) is 11.8 Å². The van der Waals surface area contributed by atoms with Crippen LogP contribution in [-0.4, -0.2) is 18.8 Å². The van der Waals surface area contributed by atoms with E-state index >= 15 is 0 Å². The second-order valence-electron chi connectivity index (χ2n) is 5.45. The minimum Gasteiger partial charge on any atom is -0.378 e. The number of benzene rings is 1. The van der Waals surface area contributed by atoms with E-state index in [0.717, 1.165) is 18.9 Å². The summed E-state index contributed by atoms with van der Waals surface area (Å²) < 4.78 is 43.9. The van der Waals surface area contributed by atoms with E-state index in [1.165, 1.54) is 12.1 Å². The second kappa shape index (κ2) is 6.77. The number of halogens is 3. The van der Waals surface area contributed by atoms with Gasteiger partial charge in [0.15, 0.2) is 0 Å². The SMILES string of the molecule is CCC1OCCC1C(Cc1cccc(C(F)(F)F)c1)NN. The average molecular weight is 302 g/mol. The zero-order chi connectivity index (χ0) is 15.5. The molecule has 2 rings (SSSR count). The molecule has 0 aliphatic carbocycles. The lowest BCUT2D eigenvalue weighted by molar-refractivity contribution is -0.137. The van der Waals surface area contributed by atoms with E-state index in [0.29, 0.717) is 18.6 Å². The molecule has 1 aliphatic heterocycles. The molecule has 1 aliphatic rings. The molecule has 0 radical (unpaired) electrons. The van der Waals surface area contributed by atoms with Crippen molar-refractivity contribution in [3.8, 4) is 0 Å². The Morgan fingerprint density at radius 2 is 2.19 bits per heavy atom. The van der Waals surface area contributed by atoms with Crippen LogP contribution in [-0.2, 0) is 17.3 Å². The highest BCUT2D eigenvalue weighted by Crippen LogP contribution is 2.31. The third kappa shape index (κ3) is 3.96. The third-order valence-corrected chi connectivity index (χ3v) is 4.10. The van der Waals surface area contributed by atoms with Crippen LogP contribution in [0.2, 0.25) is 0 Å². The predicted octanol–water partition coefficient (Wildman–Crippen LogP) is 2.89. The fourth-order valence-electron chi connectivity index (χ4n) is 3.01. The molecular weight excluding hydrogens is 281 g/mol. The number of alkyl halides is 3. The smallest absolute Gasteiger partial charge is 0.378 e. The first-order valence-electron chi connectivity index (χ1n) is 7.19. The Kier molecular flexibility index (Phi) is 5.24. The number of ether oxygens (including phenoxy) is 1. The summed E-state index contributed by atoms with van der Waals surface area (Å²) in [5, 5.41) is 0. The lowest BCUT2D eigenvalue weighted by Gasteiger charge is -2.26. The van der Waals surface area contributed by atoms with Crippen molar-refractivity contribution in [1.29, 1.82) is 0 Å². The van der Waals surface area contributed by atoms with Crippen molar-refractivity contribution in [1.82, 2.24) is 5.43 Å². The van der Waals surface area contributed by atoms with Gasteiger partial charge in [-0.25, -0.2) is 0 Å². The van der Waals surface area contributed by atoms with E-state index in [-0.39, 0.29) is 18.1 Å². The van der Waals surface area contributed by atoms with Crippen LogP contribution in [0.1, 0.15) is 30.9 Å². The van der Waals surface area contributed by atoms with E-state index in [1.54, 1.807) is 6.07 Å². The number of nitrogens with one attached hydrogen (secondary N) is 1. The molecule has 1 aromatic carbocycles. The largest absolute Gasteiger partial charge is 0.416 e. The molecule has 1 saturated heterocycles. The fraction of sp³-hybridized carbons (Fsp3) is 0.600. The van der Waals surface area contributed by atoms with Crippen LogP contribution in [0.25, 0.3) is 0 Å². The first-order chi connectivity index (χ1) is 9.95. The normalized spacial score (nSPS) is 24.2. The Bertz CT molecular complexity index is 464. The average Bonchev–Trinajstić information content (AvgIpc) is 2.92. The van der Waals surface area contributed by atoms with Crippen LogP contribution in [0.3, 0.4) is 0 Å². The quantitative estimate of drug-likeness (QED) is 0.649. The van der Waals surface area contributed by atoms with Crippen molar-refractivity contribution < 1.29 is 17.9 Å². The van der Waals surface area contributed by atoms with Gasteiger partial charge in [0, 0.05) is 18.6 Å². The fourth-order valence-corrected chi connectivity index (χ4v) is 3.01. The summed E-state index contributed by atoms with van der Waals surface area (Å²) in [5.74, 6) is 5.84. The highest BCUT2D eigenvalue weighted by atomic mass is 19.4. The Labute approximate surface area is 122 Å². The van der Waals surface area contributed by atoms with E-state index in [9.17, 15) is 13.2 Å². The van der Waals surface area contributed by atoms with Gasteiger partial charge in [-0.3, -0.25) is 11.3 Å². The zero-order valence-corrected chi connectivity index (χ0v) is 12.0. The molecule has 3 nitrogen and oxygen atoms in total. The summed E-state index contributed by atoms with van der Waals surface area (Å²) in [5.41, 5.74) is 2.77. The lowest BCUT2D eigenvalue weighted by Crippen LogP contribution is -2.45. The Morgan fingerprint density at radius 3 is 2.81 bits per heavy atom. The molecule has 3 N–H and O–H groups in total. The molecule has 0 saturated carbocycles. The molecule has 1 aromatic rings. The monoisotopic (exact) mass is 302 g/mol. The van der Waals surface area contributed by atoms with Gasteiger partial charge in [-0.1, -0.05) is 25.1 Å². The van der Waals surface area contributed by atoms with Crippen LogP contribution in [0.15, 0.2) is 24.3 Å². The molecule has 0 spiro atoms. The molecular formula is C15H21F3N2O. The van der Waals surface area contributed by atoms with Crippen LogP contribution < -0.4 is 11.3 Å². The van der Waals surface area contributed by atoms with Crippen molar-refractivity contribution in [3.05, 3.63) is 35.4 Å². The summed E-state index contributed by atoms with van der Waals surface area (Å²) in [6.07, 6.45) is -1.97. The van der Waals surface area contributed by atoms with Gasteiger partial charge in [-0.15, -0.1) is 0 Å². The Balaban J connectivity index is 2.12. The van der Waals surface area contributed by atoms with Gasteiger partial charge in [-0.2, -0.15) is 13.2 Å². The lowest BCUT2D eigenvalue weighted by atomic mass is 9.87. The Hall–Kier alpha value is -1.11. The summed E-state index contributed by atoms with van der Waals surface area (Å²) in [6, 6.07) is 5.34. The minimum absolute atomic E-state index is 0.0825. The number of nitrogens with two attached hydrogens (primary N) is 1. The van der Waals surface area contributed by atoms with Crippen LogP contribution in [0.4, 0.5) is 13.2 Å². The van der Waals surface area contributed by atoms with E-state index < -0.39 is 11.7 Å². The minimum atomic E-state index is -4.32. The van der Waals surface area contributed by atoms with Crippen molar-refractivity contribution >= 4 is 0 Å². The molecule has 118 valence electrons. The summed E-state index contributed by atoms with van der Waals surface area (Å²) >= 11 is 0. The Morgan fingerprint density at radius 1 is 1.43 bits per heavy atom. The van der Waals surface area contributed by atoms with E-state index in [4.69, 9.17) is 10.6 Å². The van der Waals surface area contributed by atoms with Crippen molar-refractivity contribution in [2.45, 2.75) is 44.5 Å². The maximum absolute atomic E-state index is 12.7. The molecule has 3 unspecified atom stereocenters. The molecule has 0 bridgehead atoms. The molecule has 0 aromatic heterocycles. The second-order valence-corrected chi connectivity index (χ2v) is 5.45. The third-order valence-electron chi connectivity index (χ3n) is 4.10. The maximum atomic E-state index is 12.7. The van der Waals surface area contributed by atoms with Crippen molar-refractivity contribution in [2.75, 3.05) is 6.61 Å². The van der Waals surface area contributed by atoms with Gasteiger partial charge in [-0.05, 0) is 30.9 Å². The van der Waals surface area contributed by atoms with Crippen LogP contribution in [0.5, 0.6) is 0 Å². The maximum Gasteiger partial charge on any atom is 0.416 e. The molecule has 21 heavy (non-hydrogen) atoms. The van der Waals surface area contributed by atoms with Gasteiger partial charge in [0.05, 0.1) is 11.7 Å². The molecule has 1 fully saturated rings. The number of rotatable bonds is 5. The highest BCUT2D eigenvalue weighted by Gasteiger charge is 2.34. The van der Waals surface area contributed by atoms with Crippen LogP contribution >= 0.6 is 0 Å². The number of hydrogen-bond acceptors (Lipinski definition) is 3. The highest BCUT2D eigenvalue weighted by molar-refractivity contribution is 5.26. The van der Waals surface area contributed by atoms with Gasteiger partial charge < -0.3 is 4.74 Å². The predicted molar refractivity (Wildman–Crippen MR) is 74.4 cm³/mol. The number of hydrazine groups is 1. The van der Waals surface area contributed by atoms with Crippen LogP contribution in [0, 0.1) is 5.92 Å². The molecule has 3 atom stereocenters. The summed E-state index contributed by atoms with van der Waals surface area (Å²) in [4.78, 5) is 0. The molecule has 0 amide bonds. The van der Waals surface area contributed by atoms with Gasteiger partial charge in [0.1, 0.15) is 0 Å². The van der Waals surface area contributed by atoms with E-state index in [2.05, 4.69) is 5.43 Å². The molecule has 6 heteroatoms. The first-order valence-corrected chi connectivity index (χ1v) is 7.19. The summed E-state index contributed by atoms with van der Waals surface area (Å²) in [6.45, 7) is 2.73. The van der Waals surface area contributed by atoms with Crippen molar-refractivity contribution in [3.63, 3.8) is 0 Å².